The summed E-state index contributed by atoms with van der Waals surface area (Å²) in [5.41, 5.74) is 6.06. The molecule has 1 aromatic rings. The number of benzene rings is 1. The van der Waals surface area contributed by atoms with E-state index in [1.165, 1.54) is 0 Å². The summed E-state index contributed by atoms with van der Waals surface area (Å²) >= 11 is 6.37. The maximum atomic E-state index is 11.5. The number of hydrogen-bond donors (Lipinski definition) is 2. The first kappa shape index (κ1) is 14.8. The fourth-order valence-electron chi connectivity index (χ4n) is 1.24. The molecule has 0 atom stereocenters. The van der Waals surface area contributed by atoms with E-state index in [9.17, 15) is 4.79 Å². The van der Waals surface area contributed by atoms with Gasteiger partial charge in [-0.2, -0.15) is 11.8 Å². The Morgan fingerprint density at radius 2 is 2.33 bits per heavy atom. The molecule has 0 spiro atoms. The first-order valence-corrected chi connectivity index (χ1v) is 7.22. The minimum atomic E-state index is -0.00385. The van der Waals surface area contributed by atoms with Crippen LogP contribution in [-0.2, 0) is 4.79 Å². The average Bonchev–Trinajstić information content (AvgIpc) is 2.34. The van der Waals surface area contributed by atoms with Crippen LogP contribution in [0.2, 0.25) is 0 Å². The second-order valence-corrected chi connectivity index (χ2v) is 5.08. The van der Waals surface area contributed by atoms with E-state index in [4.69, 9.17) is 22.7 Å². The lowest BCUT2D eigenvalue weighted by molar-refractivity contribution is -0.115. The standard InChI is InChI=1S/C12H16N2O2S2/c1-18-6-5-12(15)14-9-3-2-4-10(7-9)16-8-11(13)17/h2-4,7H,5-6,8H2,1H3,(H2,13,17)(H,14,15). The molecule has 0 unspecified atom stereocenters. The molecular formula is C12H16N2O2S2. The van der Waals surface area contributed by atoms with Crippen LogP contribution in [0.4, 0.5) is 5.69 Å². The van der Waals surface area contributed by atoms with Gasteiger partial charge in [-0.3, -0.25) is 4.79 Å². The molecule has 18 heavy (non-hydrogen) atoms. The summed E-state index contributed by atoms with van der Waals surface area (Å²) in [4.78, 5) is 11.8. The zero-order chi connectivity index (χ0) is 13.4. The molecule has 6 heteroatoms. The number of carbonyl (C=O) groups is 1. The zero-order valence-electron chi connectivity index (χ0n) is 10.1. The van der Waals surface area contributed by atoms with Crippen LogP contribution >= 0.6 is 24.0 Å². The van der Waals surface area contributed by atoms with Crippen LogP contribution in [0.5, 0.6) is 5.75 Å². The SMILES string of the molecule is CSCCC(=O)Nc1cccc(OCC(N)=S)c1. The van der Waals surface area contributed by atoms with Crippen LogP contribution in [0, 0.1) is 0 Å². The summed E-state index contributed by atoms with van der Waals surface area (Å²) in [6, 6.07) is 7.15. The predicted molar refractivity (Wildman–Crippen MR) is 80.4 cm³/mol. The third-order valence-electron chi connectivity index (χ3n) is 2.03. The van der Waals surface area contributed by atoms with E-state index in [1.807, 2.05) is 12.3 Å². The van der Waals surface area contributed by atoms with Crippen molar-refractivity contribution in [1.29, 1.82) is 0 Å². The summed E-state index contributed by atoms with van der Waals surface area (Å²) in [5.74, 6) is 1.44. The quantitative estimate of drug-likeness (QED) is 0.750. The van der Waals surface area contributed by atoms with Gasteiger partial charge in [-0.25, -0.2) is 0 Å². The Morgan fingerprint density at radius 1 is 1.56 bits per heavy atom. The largest absolute Gasteiger partial charge is 0.486 e. The number of nitrogens with two attached hydrogens (primary N) is 1. The van der Waals surface area contributed by atoms with Gasteiger partial charge in [0.25, 0.3) is 0 Å². The van der Waals surface area contributed by atoms with Crippen molar-refractivity contribution in [2.75, 3.05) is 23.9 Å². The van der Waals surface area contributed by atoms with Crippen LogP contribution in [0.15, 0.2) is 24.3 Å². The monoisotopic (exact) mass is 284 g/mol. The molecule has 0 aliphatic rings. The summed E-state index contributed by atoms with van der Waals surface area (Å²) < 4.78 is 5.35. The Morgan fingerprint density at radius 3 is 3.00 bits per heavy atom. The fourth-order valence-corrected chi connectivity index (χ4v) is 1.68. The molecule has 0 radical (unpaired) electrons. The molecule has 4 nitrogen and oxygen atoms in total. The van der Waals surface area contributed by atoms with Gasteiger partial charge >= 0.3 is 0 Å². The second kappa shape index (κ2) is 7.94. The second-order valence-electron chi connectivity index (χ2n) is 3.57. The Kier molecular flexibility index (Phi) is 6.53. The van der Waals surface area contributed by atoms with Crippen molar-refractivity contribution >= 4 is 40.6 Å². The molecule has 0 fully saturated rings. The van der Waals surface area contributed by atoms with E-state index < -0.39 is 0 Å². The van der Waals surface area contributed by atoms with Crippen LogP contribution in [0.25, 0.3) is 0 Å². The van der Waals surface area contributed by atoms with E-state index in [2.05, 4.69) is 5.32 Å². The van der Waals surface area contributed by atoms with E-state index in [-0.39, 0.29) is 12.5 Å². The van der Waals surface area contributed by atoms with Crippen molar-refractivity contribution in [3.8, 4) is 5.75 Å². The van der Waals surface area contributed by atoms with Gasteiger partial charge in [-0.15, -0.1) is 0 Å². The van der Waals surface area contributed by atoms with Crippen molar-refractivity contribution in [1.82, 2.24) is 0 Å². The number of rotatable bonds is 7. The van der Waals surface area contributed by atoms with Crippen molar-refractivity contribution in [2.45, 2.75) is 6.42 Å². The lowest BCUT2D eigenvalue weighted by Crippen LogP contribution is -2.18. The van der Waals surface area contributed by atoms with Crippen LogP contribution in [-0.4, -0.2) is 29.5 Å². The summed E-state index contributed by atoms with van der Waals surface area (Å²) in [6.07, 6.45) is 2.47. The lowest BCUT2D eigenvalue weighted by atomic mass is 10.3. The van der Waals surface area contributed by atoms with Crippen LogP contribution in [0.3, 0.4) is 0 Å². The third-order valence-corrected chi connectivity index (χ3v) is 2.76. The van der Waals surface area contributed by atoms with Crippen molar-refractivity contribution < 1.29 is 9.53 Å². The molecule has 1 amide bonds. The Hall–Kier alpha value is -1.27. The van der Waals surface area contributed by atoms with Gasteiger partial charge in [0, 0.05) is 23.9 Å². The average molecular weight is 284 g/mol. The first-order valence-electron chi connectivity index (χ1n) is 5.42. The Balaban J connectivity index is 2.53. The molecule has 0 aliphatic heterocycles. The molecular weight excluding hydrogens is 268 g/mol. The Labute approximate surface area is 116 Å². The minimum absolute atomic E-state index is 0.00385. The number of nitrogens with one attached hydrogen (secondary N) is 1. The molecule has 3 N–H and O–H groups in total. The number of carbonyl (C=O) groups excluding carboxylic acids is 1. The lowest BCUT2D eigenvalue weighted by Gasteiger charge is -2.08. The van der Waals surface area contributed by atoms with Gasteiger partial charge in [0.15, 0.2) is 0 Å². The van der Waals surface area contributed by atoms with Crippen molar-refractivity contribution in [3.05, 3.63) is 24.3 Å². The van der Waals surface area contributed by atoms with Gasteiger partial charge in [0.1, 0.15) is 17.3 Å². The number of ether oxygens (including phenoxy) is 1. The molecule has 0 aromatic heterocycles. The first-order chi connectivity index (χ1) is 8.61. The van der Waals surface area contributed by atoms with E-state index in [0.717, 1.165) is 5.75 Å². The maximum absolute atomic E-state index is 11.5. The number of thiocarbonyl (C=S) groups is 1. The van der Waals surface area contributed by atoms with Gasteiger partial charge in [-0.05, 0) is 18.4 Å². The van der Waals surface area contributed by atoms with Gasteiger partial charge < -0.3 is 15.8 Å². The predicted octanol–water partition coefficient (Wildman–Crippen LogP) is 2.04. The normalized spacial score (nSPS) is 9.83. The smallest absolute Gasteiger partial charge is 0.225 e. The zero-order valence-corrected chi connectivity index (χ0v) is 11.8. The number of anilines is 1. The highest BCUT2D eigenvalue weighted by Gasteiger charge is 2.03. The number of thioether (sulfide) groups is 1. The molecule has 1 rings (SSSR count). The van der Waals surface area contributed by atoms with Gasteiger partial charge in [-0.1, -0.05) is 18.3 Å². The van der Waals surface area contributed by atoms with Crippen LogP contribution < -0.4 is 15.8 Å². The summed E-state index contributed by atoms with van der Waals surface area (Å²) in [6.45, 7) is 0.194. The molecule has 0 saturated carbocycles. The molecule has 0 bridgehead atoms. The number of hydrogen-bond acceptors (Lipinski definition) is 4. The molecule has 0 saturated heterocycles. The summed E-state index contributed by atoms with van der Waals surface area (Å²) in [7, 11) is 0. The highest BCUT2D eigenvalue weighted by atomic mass is 32.2. The molecule has 98 valence electrons. The minimum Gasteiger partial charge on any atom is -0.486 e. The van der Waals surface area contributed by atoms with E-state index >= 15 is 0 Å². The van der Waals surface area contributed by atoms with Crippen molar-refractivity contribution in [3.63, 3.8) is 0 Å². The van der Waals surface area contributed by atoms with E-state index in [1.54, 1.807) is 30.0 Å². The molecule has 0 aliphatic carbocycles. The Bertz CT molecular complexity index is 424. The third kappa shape index (κ3) is 5.88. The molecule has 0 heterocycles. The maximum Gasteiger partial charge on any atom is 0.225 e. The summed E-state index contributed by atoms with van der Waals surface area (Å²) in [5, 5.41) is 2.81. The topological polar surface area (TPSA) is 64.3 Å². The highest BCUT2D eigenvalue weighted by Crippen LogP contribution is 2.17. The fraction of sp³-hybridized carbons (Fsp3) is 0.333. The van der Waals surface area contributed by atoms with Crippen LogP contribution in [0.1, 0.15) is 6.42 Å². The highest BCUT2D eigenvalue weighted by molar-refractivity contribution is 7.98. The van der Waals surface area contributed by atoms with Crippen molar-refractivity contribution in [2.24, 2.45) is 5.73 Å². The van der Waals surface area contributed by atoms with Gasteiger partial charge in [0.2, 0.25) is 5.91 Å². The number of amides is 1. The molecule has 1 aromatic carbocycles. The van der Waals surface area contributed by atoms with Gasteiger partial charge in [0.05, 0.1) is 0 Å². The van der Waals surface area contributed by atoms with E-state index in [0.29, 0.717) is 22.8 Å².